The first-order chi connectivity index (χ1) is 10.1. The zero-order valence-electron chi connectivity index (χ0n) is 11.5. The van der Waals surface area contributed by atoms with Crippen molar-refractivity contribution < 1.29 is 9.66 Å². The molecule has 7 nitrogen and oxygen atoms in total. The zero-order chi connectivity index (χ0) is 15.4. The summed E-state index contributed by atoms with van der Waals surface area (Å²) >= 11 is 6.01. The molecule has 1 heterocycles. The second-order valence-electron chi connectivity index (χ2n) is 4.08. The SMILES string of the molecule is CCc1c(NC)ncnc1Oc1cc([N+](=O)[O-])ccc1Cl. The maximum atomic E-state index is 10.8. The Labute approximate surface area is 126 Å². The fourth-order valence-electron chi connectivity index (χ4n) is 1.81. The minimum Gasteiger partial charge on any atom is -0.437 e. The van der Waals surface area contributed by atoms with E-state index in [4.69, 9.17) is 16.3 Å². The van der Waals surface area contributed by atoms with Gasteiger partial charge in [-0.3, -0.25) is 10.1 Å². The lowest BCUT2D eigenvalue weighted by molar-refractivity contribution is -0.384. The van der Waals surface area contributed by atoms with Gasteiger partial charge in [-0.25, -0.2) is 9.97 Å². The van der Waals surface area contributed by atoms with Crippen LogP contribution < -0.4 is 10.1 Å². The number of hydrogen-bond donors (Lipinski definition) is 1. The van der Waals surface area contributed by atoms with Gasteiger partial charge in [0.1, 0.15) is 12.1 Å². The van der Waals surface area contributed by atoms with Gasteiger partial charge in [-0.15, -0.1) is 0 Å². The molecule has 0 saturated heterocycles. The first kappa shape index (κ1) is 15.0. The predicted octanol–water partition coefficient (Wildman–Crippen LogP) is 3.43. The number of nitrogens with one attached hydrogen (secondary N) is 1. The molecule has 0 saturated carbocycles. The molecular weight excluding hydrogens is 296 g/mol. The van der Waals surface area contributed by atoms with E-state index in [9.17, 15) is 10.1 Å². The number of hydrogen-bond acceptors (Lipinski definition) is 6. The number of non-ortho nitro benzene ring substituents is 1. The molecule has 0 fully saturated rings. The molecular formula is C13H13ClN4O3. The van der Waals surface area contributed by atoms with Crippen molar-refractivity contribution in [1.82, 2.24) is 9.97 Å². The molecule has 0 atom stereocenters. The fraction of sp³-hybridized carbons (Fsp3) is 0.231. The van der Waals surface area contributed by atoms with E-state index in [-0.39, 0.29) is 16.5 Å². The minimum absolute atomic E-state index is 0.102. The van der Waals surface area contributed by atoms with Gasteiger partial charge in [-0.2, -0.15) is 0 Å². The third kappa shape index (κ3) is 3.19. The lowest BCUT2D eigenvalue weighted by atomic mass is 10.2. The van der Waals surface area contributed by atoms with Crippen molar-refractivity contribution in [3.63, 3.8) is 0 Å². The van der Waals surface area contributed by atoms with Crippen LogP contribution in [0, 0.1) is 10.1 Å². The average Bonchev–Trinajstić information content (AvgIpc) is 2.48. The minimum atomic E-state index is -0.511. The van der Waals surface area contributed by atoms with Crippen molar-refractivity contribution in [2.75, 3.05) is 12.4 Å². The van der Waals surface area contributed by atoms with Crippen LogP contribution in [-0.2, 0) is 6.42 Å². The van der Waals surface area contributed by atoms with Crippen molar-refractivity contribution >= 4 is 23.1 Å². The van der Waals surface area contributed by atoms with Crippen LogP contribution in [0.5, 0.6) is 11.6 Å². The molecule has 1 aromatic heterocycles. The maximum Gasteiger partial charge on any atom is 0.273 e. The molecule has 1 aromatic carbocycles. The summed E-state index contributed by atoms with van der Waals surface area (Å²) in [4.78, 5) is 18.5. The van der Waals surface area contributed by atoms with Crippen LogP contribution in [0.15, 0.2) is 24.5 Å². The molecule has 0 aliphatic heterocycles. The Morgan fingerprint density at radius 1 is 1.43 bits per heavy atom. The quantitative estimate of drug-likeness (QED) is 0.672. The van der Waals surface area contributed by atoms with Crippen molar-refractivity contribution in [2.24, 2.45) is 0 Å². The molecule has 0 radical (unpaired) electrons. The molecule has 0 aliphatic rings. The summed E-state index contributed by atoms with van der Waals surface area (Å²) in [5, 5.41) is 14.0. The molecule has 2 rings (SSSR count). The van der Waals surface area contributed by atoms with E-state index in [2.05, 4.69) is 15.3 Å². The smallest absolute Gasteiger partial charge is 0.273 e. The largest absolute Gasteiger partial charge is 0.437 e. The number of halogens is 1. The number of nitro groups is 1. The second kappa shape index (κ2) is 6.36. The van der Waals surface area contributed by atoms with E-state index in [0.29, 0.717) is 18.1 Å². The van der Waals surface area contributed by atoms with E-state index < -0.39 is 4.92 Å². The molecule has 1 N–H and O–H groups in total. The molecule has 0 aliphatic carbocycles. The number of ether oxygens (including phenoxy) is 1. The highest BCUT2D eigenvalue weighted by molar-refractivity contribution is 6.32. The van der Waals surface area contributed by atoms with Crippen LogP contribution in [0.2, 0.25) is 5.02 Å². The average molecular weight is 309 g/mol. The van der Waals surface area contributed by atoms with Crippen LogP contribution in [0.1, 0.15) is 12.5 Å². The number of rotatable bonds is 5. The summed E-state index contributed by atoms with van der Waals surface area (Å²) in [5.74, 6) is 1.14. The Hall–Kier alpha value is -2.41. The highest BCUT2D eigenvalue weighted by atomic mass is 35.5. The van der Waals surface area contributed by atoms with Gasteiger partial charge in [0, 0.05) is 13.1 Å². The van der Waals surface area contributed by atoms with E-state index in [0.717, 1.165) is 5.56 Å². The Balaban J connectivity index is 2.43. The summed E-state index contributed by atoms with van der Waals surface area (Å²) in [6, 6.07) is 4.00. The zero-order valence-corrected chi connectivity index (χ0v) is 12.2. The van der Waals surface area contributed by atoms with Crippen LogP contribution in [0.4, 0.5) is 11.5 Å². The van der Waals surface area contributed by atoms with Gasteiger partial charge in [-0.1, -0.05) is 18.5 Å². The van der Waals surface area contributed by atoms with Gasteiger partial charge in [0.2, 0.25) is 5.88 Å². The molecule has 0 spiro atoms. The van der Waals surface area contributed by atoms with Gasteiger partial charge >= 0.3 is 0 Å². The van der Waals surface area contributed by atoms with E-state index in [1.807, 2.05) is 6.92 Å². The Bertz CT molecular complexity index is 678. The summed E-state index contributed by atoms with van der Waals surface area (Å²) in [7, 11) is 1.74. The lowest BCUT2D eigenvalue weighted by Gasteiger charge is -2.12. The summed E-state index contributed by atoms with van der Waals surface area (Å²) in [6.07, 6.45) is 1.99. The Morgan fingerprint density at radius 2 is 2.19 bits per heavy atom. The Morgan fingerprint density at radius 3 is 2.81 bits per heavy atom. The number of nitro benzene ring substituents is 1. The molecule has 0 bridgehead atoms. The van der Waals surface area contributed by atoms with Gasteiger partial charge in [-0.05, 0) is 12.5 Å². The first-order valence-electron chi connectivity index (χ1n) is 6.20. The highest BCUT2D eigenvalue weighted by Gasteiger charge is 2.15. The fourth-order valence-corrected chi connectivity index (χ4v) is 1.96. The van der Waals surface area contributed by atoms with Crippen molar-refractivity contribution in [3.05, 3.63) is 45.2 Å². The summed E-state index contributed by atoms with van der Waals surface area (Å²) in [5.41, 5.74) is 0.665. The van der Waals surface area contributed by atoms with Gasteiger partial charge in [0.15, 0.2) is 5.75 Å². The van der Waals surface area contributed by atoms with Crippen molar-refractivity contribution in [2.45, 2.75) is 13.3 Å². The number of anilines is 1. The second-order valence-corrected chi connectivity index (χ2v) is 4.49. The monoisotopic (exact) mass is 308 g/mol. The molecule has 0 unspecified atom stereocenters. The molecule has 8 heteroatoms. The Kier molecular flexibility index (Phi) is 4.54. The van der Waals surface area contributed by atoms with Crippen LogP contribution in [0.25, 0.3) is 0 Å². The third-order valence-electron chi connectivity index (χ3n) is 2.83. The van der Waals surface area contributed by atoms with E-state index in [1.54, 1.807) is 7.05 Å². The van der Waals surface area contributed by atoms with E-state index >= 15 is 0 Å². The number of benzene rings is 1. The predicted molar refractivity (Wildman–Crippen MR) is 79.1 cm³/mol. The van der Waals surface area contributed by atoms with Crippen molar-refractivity contribution in [1.29, 1.82) is 0 Å². The number of nitrogens with zero attached hydrogens (tertiary/aromatic N) is 3. The normalized spacial score (nSPS) is 10.2. The van der Waals surface area contributed by atoms with Crippen LogP contribution in [0.3, 0.4) is 0 Å². The van der Waals surface area contributed by atoms with Crippen LogP contribution in [-0.4, -0.2) is 21.9 Å². The van der Waals surface area contributed by atoms with Gasteiger partial charge in [0.05, 0.1) is 21.6 Å². The van der Waals surface area contributed by atoms with Crippen molar-refractivity contribution in [3.8, 4) is 11.6 Å². The summed E-state index contributed by atoms with van der Waals surface area (Å²) in [6.45, 7) is 1.93. The molecule has 0 amide bonds. The molecule has 110 valence electrons. The number of aromatic nitrogens is 2. The standard InChI is InChI=1S/C13H13ClN4O3/c1-3-9-12(15-2)16-7-17-13(9)21-11-6-8(18(19)20)4-5-10(11)14/h4-7H,3H2,1-2H3,(H,15,16,17). The topological polar surface area (TPSA) is 90.2 Å². The molecule has 2 aromatic rings. The van der Waals surface area contributed by atoms with Gasteiger partial charge < -0.3 is 10.1 Å². The van der Waals surface area contributed by atoms with Crippen LogP contribution >= 0.6 is 11.6 Å². The van der Waals surface area contributed by atoms with Gasteiger partial charge in [0.25, 0.3) is 5.69 Å². The summed E-state index contributed by atoms with van der Waals surface area (Å²) < 4.78 is 5.64. The first-order valence-corrected chi connectivity index (χ1v) is 6.58. The van der Waals surface area contributed by atoms with E-state index in [1.165, 1.54) is 24.5 Å². The lowest BCUT2D eigenvalue weighted by Crippen LogP contribution is -2.02. The maximum absolute atomic E-state index is 10.8. The molecule has 21 heavy (non-hydrogen) atoms. The highest BCUT2D eigenvalue weighted by Crippen LogP contribution is 2.34. The third-order valence-corrected chi connectivity index (χ3v) is 3.14.